The van der Waals surface area contributed by atoms with E-state index in [0.29, 0.717) is 10.8 Å². The van der Waals surface area contributed by atoms with Crippen molar-refractivity contribution in [2.24, 2.45) is 0 Å². The topological polar surface area (TPSA) is 29.5 Å². The molecule has 0 saturated carbocycles. The Bertz CT molecular complexity index is 308. The van der Waals surface area contributed by atoms with E-state index in [1.165, 1.54) is 0 Å². The van der Waals surface area contributed by atoms with Crippen molar-refractivity contribution in [1.29, 1.82) is 0 Å². The summed E-state index contributed by atoms with van der Waals surface area (Å²) in [7, 11) is 1.59. The molecule has 72 valence electrons. The molecular weight excluding hydrogens is 188 g/mol. The fraction of sp³-hybridized carbons (Fsp3) is 0.400. The largest absolute Gasteiger partial charge is 0.496 e. The number of methoxy groups -OCH3 is 1. The average molecular weight is 201 g/mol. The number of aliphatic hydroxyl groups excluding tert-OH is 1. The van der Waals surface area contributed by atoms with Crippen LogP contribution in [0.25, 0.3) is 0 Å². The quantitative estimate of drug-likeness (QED) is 0.796. The summed E-state index contributed by atoms with van der Waals surface area (Å²) in [5.74, 6) is 0.711. The van der Waals surface area contributed by atoms with E-state index in [4.69, 9.17) is 16.3 Å². The summed E-state index contributed by atoms with van der Waals surface area (Å²) in [4.78, 5) is 0. The number of halogens is 1. The summed E-state index contributed by atoms with van der Waals surface area (Å²) in [6, 6.07) is 3.55. The number of rotatable bonds is 2. The van der Waals surface area contributed by atoms with Crippen LogP contribution in [0.2, 0.25) is 5.02 Å². The highest BCUT2D eigenvalue weighted by atomic mass is 35.5. The Morgan fingerprint density at radius 1 is 1.46 bits per heavy atom. The summed E-state index contributed by atoms with van der Waals surface area (Å²) in [5.41, 5.74) is 1.67. The summed E-state index contributed by atoms with van der Waals surface area (Å²) in [5, 5.41) is 9.97. The lowest BCUT2D eigenvalue weighted by Gasteiger charge is -2.11. The van der Waals surface area contributed by atoms with Gasteiger partial charge in [-0.3, -0.25) is 0 Å². The SMILES string of the molecule is COc1cc(C(C)O)cc(Cl)c1C. The number of ether oxygens (including phenoxy) is 1. The molecule has 1 aromatic rings. The summed E-state index contributed by atoms with van der Waals surface area (Å²) >= 11 is 5.95. The maximum absolute atomic E-state index is 9.34. The van der Waals surface area contributed by atoms with E-state index in [1.807, 2.05) is 6.92 Å². The monoisotopic (exact) mass is 200 g/mol. The van der Waals surface area contributed by atoms with Gasteiger partial charge in [-0.15, -0.1) is 0 Å². The molecule has 0 amide bonds. The Kier molecular flexibility index (Phi) is 3.17. The Morgan fingerprint density at radius 3 is 2.54 bits per heavy atom. The smallest absolute Gasteiger partial charge is 0.123 e. The van der Waals surface area contributed by atoms with E-state index in [9.17, 15) is 5.11 Å². The molecule has 0 heterocycles. The van der Waals surface area contributed by atoms with Crippen LogP contribution >= 0.6 is 11.6 Å². The molecule has 0 aliphatic rings. The van der Waals surface area contributed by atoms with Gasteiger partial charge in [0.1, 0.15) is 5.75 Å². The highest BCUT2D eigenvalue weighted by molar-refractivity contribution is 6.31. The number of benzene rings is 1. The van der Waals surface area contributed by atoms with Crippen LogP contribution in [0.1, 0.15) is 24.2 Å². The van der Waals surface area contributed by atoms with Gasteiger partial charge in [0.25, 0.3) is 0 Å². The normalized spacial score (nSPS) is 12.7. The second kappa shape index (κ2) is 3.99. The first-order chi connectivity index (χ1) is 6.06. The van der Waals surface area contributed by atoms with Gasteiger partial charge in [0.05, 0.1) is 13.2 Å². The second-order valence-corrected chi connectivity index (χ2v) is 3.41. The predicted octanol–water partition coefficient (Wildman–Crippen LogP) is 2.71. The minimum absolute atomic E-state index is 0.521. The zero-order valence-corrected chi connectivity index (χ0v) is 8.72. The molecule has 13 heavy (non-hydrogen) atoms. The van der Waals surface area contributed by atoms with E-state index in [0.717, 1.165) is 11.1 Å². The van der Waals surface area contributed by atoms with Gasteiger partial charge in [0, 0.05) is 10.6 Å². The molecule has 0 saturated heterocycles. The Hall–Kier alpha value is -0.730. The van der Waals surface area contributed by atoms with Crippen molar-refractivity contribution in [2.75, 3.05) is 7.11 Å². The van der Waals surface area contributed by atoms with Gasteiger partial charge in [-0.1, -0.05) is 11.6 Å². The van der Waals surface area contributed by atoms with Crippen molar-refractivity contribution in [3.8, 4) is 5.75 Å². The molecule has 0 spiro atoms. The minimum atomic E-state index is -0.521. The van der Waals surface area contributed by atoms with Crippen LogP contribution in [0.15, 0.2) is 12.1 Å². The first-order valence-corrected chi connectivity index (χ1v) is 4.46. The third kappa shape index (κ3) is 2.14. The standard InChI is InChI=1S/C10H13ClO2/c1-6-9(11)4-8(7(2)12)5-10(6)13-3/h4-5,7,12H,1-3H3. The predicted molar refractivity (Wildman–Crippen MR) is 53.4 cm³/mol. The van der Waals surface area contributed by atoms with Crippen LogP contribution in [0.3, 0.4) is 0 Å². The van der Waals surface area contributed by atoms with Crippen molar-refractivity contribution < 1.29 is 9.84 Å². The van der Waals surface area contributed by atoms with Crippen LogP contribution < -0.4 is 4.74 Å². The first kappa shape index (κ1) is 10.4. The number of aliphatic hydroxyl groups is 1. The lowest BCUT2D eigenvalue weighted by Crippen LogP contribution is -1.95. The fourth-order valence-corrected chi connectivity index (χ4v) is 1.35. The van der Waals surface area contributed by atoms with E-state index < -0.39 is 6.10 Å². The lowest BCUT2D eigenvalue weighted by atomic mass is 10.1. The van der Waals surface area contributed by atoms with Gasteiger partial charge >= 0.3 is 0 Å². The molecule has 0 aliphatic heterocycles. The van der Waals surface area contributed by atoms with Crippen molar-refractivity contribution in [3.63, 3.8) is 0 Å². The molecule has 0 bridgehead atoms. The Morgan fingerprint density at radius 2 is 2.08 bits per heavy atom. The van der Waals surface area contributed by atoms with Gasteiger partial charge in [-0.2, -0.15) is 0 Å². The van der Waals surface area contributed by atoms with Gasteiger partial charge in [0.2, 0.25) is 0 Å². The number of hydrogen-bond donors (Lipinski definition) is 1. The Balaban J connectivity index is 3.22. The maximum atomic E-state index is 9.34. The molecule has 1 unspecified atom stereocenters. The van der Waals surface area contributed by atoms with Crippen LogP contribution in [0, 0.1) is 6.92 Å². The van der Waals surface area contributed by atoms with Crippen LogP contribution in [0.5, 0.6) is 5.75 Å². The zero-order valence-electron chi connectivity index (χ0n) is 7.97. The second-order valence-electron chi connectivity index (χ2n) is 3.01. The van der Waals surface area contributed by atoms with Crippen LogP contribution in [-0.4, -0.2) is 12.2 Å². The molecule has 0 aliphatic carbocycles. The summed E-state index contributed by atoms with van der Waals surface area (Å²) in [6.07, 6.45) is -0.521. The highest BCUT2D eigenvalue weighted by Crippen LogP contribution is 2.29. The molecule has 0 fully saturated rings. The van der Waals surface area contributed by atoms with E-state index in [-0.39, 0.29) is 0 Å². The van der Waals surface area contributed by atoms with Gasteiger partial charge in [-0.25, -0.2) is 0 Å². The van der Waals surface area contributed by atoms with Crippen LogP contribution in [-0.2, 0) is 0 Å². The summed E-state index contributed by atoms with van der Waals surface area (Å²) < 4.78 is 5.12. The van der Waals surface area contributed by atoms with E-state index >= 15 is 0 Å². The Labute approximate surface area is 83.1 Å². The molecule has 1 rings (SSSR count). The van der Waals surface area contributed by atoms with Crippen molar-refractivity contribution in [3.05, 3.63) is 28.3 Å². The zero-order chi connectivity index (χ0) is 10.0. The molecular formula is C10H13ClO2. The van der Waals surface area contributed by atoms with Crippen molar-refractivity contribution >= 4 is 11.6 Å². The first-order valence-electron chi connectivity index (χ1n) is 4.08. The minimum Gasteiger partial charge on any atom is -0.496 e. The van der Waals surface area contributed by atoms with Crippen molar-refractivity contribution in [2.45, 2.75) is 20.0 Å². The molecule has 0 radical (unpaired) electrons. The fourth-order valence-electron chi connectivity index (χ4n) is 1.13. The van der Waals surface area contributed by atoms with Gasteiger partial charge < -0.3 is 9.84 Å². The third-order valence-electron chi connectivity index (χ3n) is 2.02. The van der Waals surface area contributed by atoms with E-state index in [1.54, 1.807) is 26.2 Å². The molecule has 1 atom stereocenters. The molecule has 2 nitrogen and oxygen atoms in total. The maximum Gasteiger partial charge on any atom is 0.123 e. The third-order valence-corrected chi connectivity index (χ3v) is 2.41. The average Bonchev–Trinajstić information content (AvgIpc) is 2.09. The molecule has 0 aromatic heterocycles. The molecule has 3 heteroatoms. The summed E-state index contributed by atoms with van der Waals surface area (Å²) in [6.45, 7) is 3.58. The van der Waals surface area contributed by atoms with Gasteiger partial charge in [0.15, 0.2) is 0 Å². The molecule has 1 N–H and O–H groups in total. The van der Waals surface area contributed by atoms with Crippen LogP contribution in [0.4, 0.5) is 0 Å². The van der Waals surface area contributed by atoms with Crippen molar-refractivity contribution in [1.82, 2.24) is 0 Å². The molecule has 1 aromatic carbocycles. The van der Waals surface area contributed by atoms with E-state index in [2.05, 4.69) is 0 Å². The lowest BCUT2D eigenvalue weighted by molar-refractivity contribution is 0.199. The highest BCUT2D eigenvalue weighted by Gasteiger charge is 2.08. The van der Waals surface area contributed by atoms with Gasteiger partial charge in [-0.05, 0) is 31.5 Å². The number of hydrogen-bond acceptors (Lipinski definition) is 2.